The molecule has 7 heteroatoms. The third kappa shape index (κ3) is 7.72. The van der Waals surface area contributed by atoms with Crippen molar-refractivity contribution in [3.63, 3.8) is 0 Å². The first-order valence-electron chi connectivity index (χ1n) is 11.0. The summed E-state index contributed by atoms with van der Waals surface area (Å²) in [5.74, 6) is 0.606. The molecule has 0 bridgehead atoms. The lowest BCUT2D eigenvalue weighted by molar-refractivity contribution is -0.139. The van der Waals surface area contributed by atoms with Gasteiger partial charge in [0.25, 0.3) is 0 Å². The molecule has 0 heterocycles. The SMILES string of the molecule is CCCCNC(=O)C(CC)N(Cc1ccccc1C)C(=O)CSCc1c(Cl)cccc1Cl. The highest BCUT2D eigenvalue weighted by molar-refractivity contribution is 7.99. The van der Waals surface area contributed by atoms with E-state index in [0.717, 1.165) is 29.5 Å². The third-order valence-electron chi connectivity index (χ3n) is 5.35. The van der Waals surface area contributed by atoms with E-state index >= 15 is 0 Å². The molecule has 1 atom stereocenters. The van der Waals surface area contributed by atoms with Crippen LogP contribution in [-0.2, 0) is 21.9 Å². The molecule has 2 rings (SSSR count). The van der Waals surface area contributed by atoms with Gasteiger partial charge in [-0.1, -0.05) is 73.8 Å². The van der Waals surface area contributed by atoms with Crippen molar-refractivity contribution in [1.82, 2.24) is 10.2 Å². The van der Waals surface area contributed by atoms with Crippen molar-refractivity contribution in [1.29, 1.82) is 0 Å². The summed E-state index contributed by atoms with van der Waals surface area (Å²) < 4.78 is 0. The number of hydrogen-bond acceptors (Lipinski definition) is 3. The Morgan fingerprint density at radius 3 is 2.38 bits per heavy atom. The fourth-order valence-electron chi connectivity index (χ4n) is 3.39. The number of unbranched alkanes of at least 4 members (excludes halogenated alkanes) is 1. The first-order valence-corrected chi connectivity index (χ1v) is 12.9. The Hall–Kier alpha value is -1.69. The van der Waals surface area contributed by atoms with Crippen molar-refractivity contribution < 1.29 is 9.59 Å². The van der Waals surface area contributed by atoms with Crippen molar-refractivity contribution in [3.8, 4) is 0 Å². The molecule has 2 aromatic carbocycles. The van der Waals surface area contributed by atoms with E-state index < -0.39 is 6.04 Å². The molecule has 2 amide bonds. The first kappa shape index (κ1) is 26.6. The number of carbonyl (C=O) groups is 2. The summed E-state index contributed by atoms with van der Waals surface area (Å²) in [6.45, 7) is 7.07. The largest absolute Gasteiger partial charge is 0.354 e. The standard InChI is InChI=1S/C25H32Cl2N2O2S/c1-4-6-14-28-25(31)23(5-2)29(15-19-11-8-7-10-18(19)3)24(30)17-32-16-20-21(26)12-9-13-22(20)27/h7-13,23H,4-6,14-17H2,1-3H3,(H,28,31). The topological polar surface area (TPSA) is 49.4 Å². The highest BCUT2D eigenvalue weighted by atomic mass is 35.5. The zero-order valence-electron chi connectivity index (χ0n) is 19.0. The fourth-order valence-corrected chi connectivity index (χ4v) is 5.04. The smallest absolute Gasteiger partial charge is 0.242 e. The van der Waals surface area contributed by atoms with Crippen LogP contribution in [0, 0.1) is 6.92 Å². The van der Waals surface area contributed by atoms with E-state index in [4.69, 9.17) is 23.2 Å². The van der Waals surface area contributed by atoms with Crippen LogP contribution in [-0.4, -0.2) is 35.1 Å². The van der Waals surface area contributed by atoms with Gasteiger partial charge in [-0.3, -0.25) is 9.59 Å². The number of nitrogens with zero attached hydrogens (tertiary/aromatic N) is 1. The lowest BCUT2D eigenvalue weighted by Crippen LogP contribution is -2.49. The normalized spacial score (nSPS) is 11.8. The van der Waals surface area contributed by atoms with E-state index in [0.29, 0.717) is 35.3 Å². The van der Waals surface area contributed by atoms with E-state index in [2.05, 4.69) is 12.2 Å². The monoisotopic (exact) mass is 494 g/mol. The summed E-state index contributed by atoms with van der Waals surface area (Å²) in [7, 11) is 0. The van der Waals surface area contributed by atoms with Gasteiger partial charge in [-0.2, -0.15) is 0 Å². The zero-order valence-corrected chi connectivity index (χ0v) is 21.3. The summed E-state index contributed by atoms with van der Waals surface area (Å²) >= 11 is 14.0. The van der Waals surface area contributed by atoms with Gasteiger partial charge in [0.2, 0.25) is 11.8 Å². The maximum Gasteiger partial charge on any atom is 0.242 e. The third-order valence-corrected chi connectivity index (χ3v) is 7.00. The van der Waals surface area contributed by atoms with Gasteiger partial charge < -0.3 is 10.2 Å². The second kappa shape index (κ2) is 13.8. The summed E-state index contributed by atoms with van der Waals surface area (Å²) in [6, 6.07) is 12.8. The highest BCUT2D eigenvalue weighted by Gasteiger charge is 2.28. The molecule has 0 aliphatic carbocycles. The lowest BCUT2D eigenvalue weighted by atomic mass is 10.1. The summed E-state index contributed by atoms with van der Waals surface area (Å²) in [5, 5.41) is 4.18. The number of hydrogen-bond donors (Lipinski definition) is 1. The van der Waals surface area contributed by atoms with Crippen LogP contribution in [0.4, 0.5) is 0 Å². The van der Waals surface area contributed by atoms with Crippen molar-refractivity contribution in [2.24, 2.45) is 0 Å². The average molecular weight is 496 g/mol. The summed E-state index contributed by atoms with van der Waals surface area (Å²) in [5.41, 5.74) is 2.96. The molecule has 0 aliphatic rings. The number of amides is 2. The summed E-state index contributed by atoms with van der Waals surface area (Å²) in [6.07, 6.45) is 2.48. The molecule has 32 heavy (non-hydrogen) atoms. The van der Waals surface area contributed by atoms with Crippen molar-refractivity contribution in [3.05, 3.63) is 69.2 Å². The summed E-state index contributed by atoms with van der Waals surface area (Å²) in [4.78, 5) is 27.9. The minimum Gasteiger partial charge on any atom is -0.354 e. The lowest BCUT2D eigenvalue weighted by Gasteiger charge is -2.31. The Balaban J connectivity index is 2.15. The highest BCUT2D eigenvalue weighted by Crippen LogP contribution is 2.28. The second-order valence-electron chi connectivity index (χ2n) is 7.71. The number of carbonyl (C=O) groups excluding carboxylic acids is 2. The average Bonchev–Trinajstić information content (AvgIpc) is 2.77. The molecule has 0 radical (unpaired) electrons. The number of rotatable bonds is 12. The van der Waals surface area contributed by atoms with E-state index in [1.807, 2.05) is 38.1 Å². The Bertz CT molecular complexity index is 887. The van der Waals surface area contributed by atoms with Gasteiger partial charge in [0.05, 0.1) is 5.75 Å². The van der Waals surface area contributed by atoms with Gasteiger partial charge in [0.15, 0.2) is 0 Å². The van der Waals surface area contributed by atoms with Crippen LogP contribution < -0.4 is 5.32 Å². The number of nitrogens with one attached hydrogen (secondary N) is 1. The van der Waals surface area contributed by atoms with Gasteiger partial charge in [0, 0.05) is 28.9 Å². The molecule has 0 fully saturated rings. The molecule has 4 nitrogen and oxygen atoms in total. The maximum atomic E-state index is 13.3. The van der Waals surface area contributed by atoms with Gasteiger partial charge in [-0.25, -0.2) is 0 Å². The van der Waals surface area contributed by atoms with Crippen LogP contribution >= 0.6 is 35.0 Å². The van der Waals surface area contributed by atoms with Crippen molar-refractivity contribution in [2.45, 2.75) is 58.4 Å². The van der Waals surface area contributed by atoms with Gasteiger partial charge >= 0.3 is 0 Å². The van der Waals surface area contributed by atoms with E-state index in [1.165, 1.54) is 11.8 Å². The Morgan fingerprint density at radius 1 is 1.06 bits per heavy atom. The van der Waals surface area contributed by atoms with Gasteiger partial charge in [-0.15, -0.1) is 11.8 Å². The molecule has 0 aromatic heterocycles. The quantitative estimate of drug-likeness (QED) is 0.354. The number of aryl methyl sites for hydroxylation is 1. The van der Waals surface area contributed by atoms with E-state index in [9.17, 15) is 9.59 Å². The molecule has 0 saturated heterocycles. The minimum absolute atomic E-state index is 0.0704. The van der Waals surface area contributed by atoms with Crippen molar-refractivity contribution >= 4 is 46.8 Å². The first-order chi connectivity index (χ1) is 15.4. The van der Waals surface area contributed by atoms with Crippen LogP contribution in [0.5, 0.6) is 0 Å². The minimum atomic E-state index is -0.511. The van der Waals surface area contributed by atoms with Gasteiger partial charge in [0.1, 0.15) is 6.04 Å². The van der Waals surface area contributed by atoms with E-state index in [-0.39, 0.29) is 17.6 Å². The van der Waals surface area contributed by atoms with Gasteiger partial charge in [-0.05, 0) is 48.6 Å². The number of halogens is 2. The van der Waals surface area contributed by atoms with E-state index in [1.54, 1.807) is 23.1 Å². The predicted molar refractivity (Wildman–Crippen MR) is 136 cm³/mol. The Labute approximate surface area is 206 Å². The molecule has 174 valence electrons. The number of thioether (sulfide) groups is 1. The molecular formula is C25H32Cl2N2O2S. The molecule has 0 aliphatic heterocycles. The molecule has 1 N–H and O–H groups in total. The molecule has 1 unspecified atom stereocenters. The van der Waals surface area contributed by atoms with Crippen LogP contribution in [0.3, 0.4) is 0 Å². The Morgan fingerprint density at radius 2 is 1.75 bits per heavy atom. The fraction of sp³-hybridized carbons (Fsp3) is 0.440. The molecular weight excluding hydrogens is 463 g/mol. The number of benzene rings is 2. The van der Waals surface area contributed by atoms with Crippen molar-refractivity contribution in [2.75, 3.05) is 12.3 Å². The molecule has 0 spiro atoms. The van der Waals surface area contributed by atoms with Crippen LogP contribution in [0.15, 0.2) is 42.5 Å². The molecule has 0 saturated carbocycles. The van der Waals surface area contributed by atoms with Crippen LogP contribution in [0.25, 0.3) is 0 Å². The maximum absolute atomic E-state index is 13.3. The Kier molecular flexibility index (Phi) is 11.4. The second-order valence-corrected chi connectivity index (χ2v) is 9.51. The van der Waals surface area contributed by atoms with Crippen LogP contribution in [0.2, 0.25) is 10.0 Å². The molecule has 2 aromatic rings. The predicted octanol–water partition coefficient (Wildman–Crippen LogP) is 6.26. The van der Waals surface area contributed by atoms with Crippen LogP contribution in [0.1, 0.15) is 49.8 Å². The zero-order chi connectivity index (χ0) is 23.5.